The summed E-state index contributed by atoms with van der Waals surface area (Å²) in [7, 11) is 2.12. The van der Waals surface area contributed by atoms with Crippen LogP contribution in [0.2, 0.25) is 0 Å². The van der Waals surface area contributed by atoms with Crippen LogP contribution in [0.5, 0.6) is 0 Å². The number of carbonyl (C=O) groups excluding carboxylic acids is 1. The molecule has 1 fully saturated rings. The Hall–Kier alpha value is -5.25. The van der Waals surface area contributed by atoms with Crippen molar-refractivity contribution in [2.45, 2.75) is 44.6 Å². The highest BCUT2D eigenvalue weighted by Crippen LogP contribution is 2.39. The minimum atomic E-state index is -0.563. The van der Waals surface area contributed by atoms with E-state index in [1.165, 1.54) is 11.8 Å². The number of hydrogen-bond acceptors (Lipinski definition) is 7. The lowest BCUT2D eigenvalue weighted by Gasteiger charge is -2.38. The van der Waals surface area contributed by atoms with E-state index in [9.17, 15) is 9.90 Å². The van der Waals surface area contributed by atoms with Crippen molar-refractivity contribution in [1.29, 1.82) is 0 Å². The highest BCUT2D eigenvalue weighted by Gasteiger charge is 2.33. The average Bonchev–Trinajstić information content (AvgIpc) is 3.17. The van der Waals surface area contributed by atoms with Gasteiger partial charge in [-0.3, -0.25) is 14.7 Å². The molecule has 5 aromatic carbocycles. The van der Waals surface area contributed by atoms with E-state index in [0.29, 0.717) is 18.5 Å². The minimum absolute atomic E-state index is 0.00391. The Balaban J connectivity index is 1.07. The van der Waals surface area contributed by atoms with E-state index in [1.807, 2.05) is 78.9 Å². The number of carbonyl (C=O) groups is 1. The van der Waals surface area contributed by atoms with Gasteiger partial charge in [-0.05, 0) is 64.7 Å². The van der Waals surface area contributed by atoms with Crippen molar-refractivity contribution in [3.8, 4) is 11.1 Å². The monoisotopic (exact) mass is 664 g/mol. The molecule has 0 unspecified atom stereocenters. The van der Waals surface area contributed by atoms with Gasteiger partial charge in [0.15, 0.2) is 6.29 Å². The van der Waals surface area contributed by atoms with Gasteiger partial charge in [0.2, 0.25) is 0 Å². The molecule has 0 bridgehead atoms. The Morgan fingerprint density at radius 2 is 1.50 bits per heavy atom. The standard InChI is InChI=1S/C42H40N4O4/c1-46(26-29-9-3-2-4-10-29)27-36-23-40(32-19-17-30(28-47)18-20-32)50-42(49-36)35-14-8-13-34(22-35)33-12-7-11-31(21-33)24-44-41(48)39-25-43-37-15-5-6-16-38(37)45-39/h2-22,25,36,40,42,47H,23-24,26-28H2,1H3,(H,44,48)/t36-,40+,42+/m1/s1. The molecule has 1 amide bonds. The third-order valence-corrected chi connectivity index (χ3v) is 8.98. The van der Waals surface area contributed by atoms with Gasteiger partial charge in [0.25, 0.3) is 5.91 Å². The summed E-state index contributed by atoms with van der Waals surface area (Å²) in [5.74, 6) is -0.272. The normalized spacial score (nSPS) is 17.5. The van der Waals surface area contributed by atoms with E-state index in [0.717, 1.165) is 52.0 Å². The van der Waals surface area contributed by atoms with Crippen LogP contribution in [0, 0.1) is 0 Å². The first-order valence-electron chi connectivity index (χ1n) is 16.9. The lowest BCUT2D eigenvalue weighted by atomic mass is 9.98. The Morgan fingerprint density at radius 1 is 0.780 bits per heavy atom. The second-order valence-electron chi connectivity index (χ2n) is 12.8. The van der Waals surface area contributed by atoms with Crippen molar-refractivity contribution in [3.63, 3.8) is 0 Å². The third-order valence-electron chi connectivity index (χ3n) is 8.98. The molecule has 1 aliphatic heterocycles. The van der Waals surface area contributed by atoms with E-state index < -0.39 is 6.29 Å². The molecule has 8 heteroatoms. The number of aliphatic hydroxyl groups excluding tert-OH is 1. The Kier molecular flexibility index (Phi) is 10.3. The first kappa shape index (κ1) is 33.3. The van der Waals surface area contributed by atoms with E-state index >= 15 is 0 Å². The summed E-state index contributed by atoms with van der Waals surface area (Å²) in [4.78, 5) is 24.1. The van der Waals surface area contributed by atoms with Crippen molar-refractivity contribution in [3.05, 3.63) is 167 Å². The molecule has 0 saturated carbocycles. The zero-order chi connectivity index (χ0) is 34.3. The van der Waals surface area contributed by atoms with Crippen LogP contribution in [0.1, 0.15) is 57.1 Å². The lowest BCUT2D eigenvalue weighted by molar-refractivity contribution is -0.252. The maximum atomic E-state index is 12.9. The van der Waals surface area contributed by atoms with Gasteiger partial charge >= 0.3 is 0 Å². The predicted octanol–water partition coefficient (Wildman–Crippen LogP) is 7.40. The number of benzene rings is 5. The Labute approximate surface area is 292 Å². The van der Waals surface area contributed by atoms with Crippen LogP contribution in [0.15, 0.2) is 134 Å². The van der Waals surface area contributed by atoms with Crippen molar-refractivity contribution in [2.75, 3.05) is 13.6 Å². The van der Waals surface area contributed by atoms with Gasteiger partial charge in [-0.2, -0.15) is 0 Å². The summed E-state index contributed by atoms with van der Waals surface area (Å²) in [6, 6.07) is 42.3. The van der Waals surface area contributed by atoms with Crippen LogP contribution in [0.25, 0.3) is 22.2 Å². The van der Waals surface area contributed by atoms with Crippen LogP contribution < -0.4 is 5.32 Å². The summed E-state index contributed by atoms with van der Waals surface area (Å²) >= 11 is 0. The van der Waals surface area contributed by atoms with Crippen molar-refractivity contribution >= 4 is 16.9 Å². The van der Waals surface area contributed by atoms with Crippen LogP contribution in [0.4, 0.5) is 0 Å². The number of amides is 1. The average molecular weight is 665 g/mol. The number of rotatable bonds is 11. The molecule has 6 aromatic rings. The lowest BCUT2D eigenvalue weighted by Crippen LogP contribution is -2.37. The summed E-state index contributed by atoms with van der Waals surface area (Å²) in [6.45, 7) is 1.93. The number of hydrogen-bond donors (Lipinski definition) is 2. The van der Waals surface area contributed by atoms with Crippen LogP contribution in [0.3, 0.4) is 0 Å². The maximum absolute atomic E-state index is 12.9. The van der Waals surface area contributed by atoms with Gasteiger partial charge < -0.3 is 19.9 Å². The van der Waals surface area contributed by atoms with Crippen molar-refractivity contribution < 1.29 is 19.4 Å². The van der Waals surface area contributed by atoms with Gasteiger partial charge in [0.05, 0.1) is 36.0 Å². The number of ether oxygens (including phenoxy) is 2. The molecule has 3 atom stereocenters. The fraction of sp³-hybridized carbons (Fsp3) is 0.214. The molecule has 50 heavy (non-hydrogen) atoms. The summed E-state index contributed by atoms with van der Waals surface area (Å²) in [6.07, 6.45) is 1.43. The number of fused-ring (bicyclic) bond motifs is 1. The molecule has 1 aliphatic rings. The zero-order valence-corrected chi connectivity index (χ0v) is 28.0. The topological polar surface area (TPSA) is 96.8 Å². The SMILES string of the molecule is CN(Cc1ccccc1)C[C@H]1C[C@@H](c2ccc(CO)cc2)O[C@@H](c2cccc(-c3cccc(CNC(=O)c4cnc5ccccc5n4)c3)c2)O1. The second kappa shape index (κ2) is 15.5. The highest BCUT2D eigenvalue weighted by molar-refractivity contribution is 5.93. The molecule has 0 spiro atoms. The second-order valence-corrected chi connectivity index (χ2v) is 12.8. The molecule has 0 radical (unpaired) electrons. The quantitative estimate of drug-likeness (QED) is 0.149. The number of aromatic nitrogens is 2. The first-order valence-corrected chi connectivity index (χ1v) is 16.9. The molecule has 1 saturated heterocycles. The Morgan fingerprint density at radius 3 is 2.30 bits per heavy atom. The number of aliphatic hydroxyl groups is 1. The van der Waals surface area contributed by atoms with E-state index in [-0.39, 0.29) is 30.4 Å². The smallest absolute Gasteiger partial charge is 0.271 e. The molecule has 1 aromatic heterocycles. The predicted molar refractivity (Wildman–Crippen MR) is 194 cm³/mol. The zero-order valence-electron chi connectivity index (χ0n) is 28.0. The number of likely N-dealkylation sites (N-methyl/N-ethyl adjacent to an activating group) is 1. The number of nitrogens with one attached hydrogen (secondary N) is 1. The van der Waals surface area contributed by atoms with Gasteiger partial charge in [-0.25, -0.2) is 4.98 Å². The molecule has 252 valence electrons. The first-order chi connectivity index (χ1) is 24.5. The summed E-state index contributed by atoms with van der Waals surface area (Å²) < 4.78 is 13.3. The summed E-state index contributed by atoms with van der Waals surface area (Å²) in [5, 5.41) is 12.6. The molecule has 0 aliphatic carbocycles. The van der Waals surface area contributed by atoms with E-state index in [4.69, 9.17) is 9.47 Å². The van der Waals surface area contributed by atoms with Crippen molar-refractivity contribution in [1.82, 2.24) is 20.2 Å². The largest absolute Gasteiger partial charge is 0.392 e. The maximum Gasteiger partial charge on any atom is 0.271 e. The van der Waals surface area contributed by atoms with Gasteiger partial charge in [0, 0.05) is 31.6 Å². The van der Waals surface area contributed by atoms with Crippen LogP contribution >= 0.6 is 0 Å². The fourth-order valence-electron chi connectivity index (χ4n) is 6.41. The van der Waals surface area contributed by atoms with E-state index in [1.54, 1.807) is 0 Å². The number of para-hydroxylation sites is 2. The van der Waals surface area contributed by atoms with Crippen LogP contribution in [-0.2, 0) is 29.2 Å². The molecule has 7 rings (SSSR count). The summed E-state index contributed by atoms with van der Waals surface area (Å²) in [5.41, 5.74) is 8.85. The van der Waals surface area contributed by atoms with Gasteiger partial charge in [-0.15, -0.1) is 0 Å². The fourth-order valence-corrected chi connectivity index (χ4v) is 6.41. The molecule has 8 nitrogen and oxygen atoms in total. The minimum Gasteiger partial charge on any atom is -0.392 e. The van der Waals surface area contributed by atoms with Gasteiger partial charge in [-0.1, -0.05) is 103 Å². The highest BCUT2D eigenvalue weighted by atomic mass is 16.7. The molecule has 2 heterocycles. The third kappa shape index (κ3) is 8.13. The van der Waals surface area contributed by atoms with Crippen molar-refractivity contribution in [2.24, 2.45) is 0 Å². The molecular formula is C42H40N4O4. The van der Waals surface area contributed by atoms with Gasteiger partial charge in [0.1, 0.15) is 5.69 Å². The van der Waals surface area contributed by atoms with Crippen LogP contribution in [-0.4, -0.2) is 45.6 Å². The molecule has 2 N–H and O–H groups in total. The molecular weight excluding hydrogens is 624 g/mol. The number of nitrogens with zero attached hydrogens (tertiary/aromatic N) is 3. The van der Waals surface area contributed by atoms with E-state index in [2.05, 4.69) is 75.8 Å². The Bertz CT molecular complexity index is 2050.